The van der Waals surface area contributed by atoms with Gasteiger partial charge in [-0.3, -0.25) is 9.69 Å². The first-order valence-corrected chi connectivity index (χ1v) is 12.8. The van der Waals surface area contributed by atoms with Crippen LogP contribution in [0.25, 0.3) is 0 Å². The summed E-state index contributed by atoms with van der Waals surface area (Å²) in [4.78, 5) is 15.2. The lowest BCUT2D eigenvalue weighted by Gasteiger charge is -2.67. The molecule has 2 saturated heterocycles. The van der Waals surface area contributed by atoms with Crippen molar-refractivity contribution in [1.29, 1.82) is 0 Å². The first kappa shape index (κ1) is 21.5. The lowest BCUT2D eigenvalue weighted by molar-refractivity contribution is -0.274. The number of likely N-dealkylation sites (N-methyl/N-ethyl adjacent to an activating group) is 1. The van der Waals surface area contributed by atoms with Crippen LogP contribution in [-0.2, 0) is 28.5 Å². The molecule has 8 nitrogen and oxygen atoms in total. The van der Waals surface area contributed by atoms with Crippen molar-refractivity contribution in [1.82, 2.24) is 4.90 Å². The Hall–Kier alpha value is -0.770. The van der Waals surface area contributed by atoms with Gasteiger partial charge in [0.15, 0.2) is 5.60 Å². The Morgan fingerprint density at radius 1 is 1.18 bits per heavy atom. The number of esters is 1. The molecule has 7 aliphatic rings. The van der Waals surface area contributed by atoms with Crippen molar-refractivity contribution in [2.45, 2.75) is 81.2 Å². The summed E-state index contributed by atoms with van der Waals surface area (Å²) in [5.41, 5.74) is -1.79. The quantitative estimate of drug-likeness (QED) is 0.623. The van der Waals surface area contributed by atoms with Crippen LogP contribution in [0, 0.1) is 35.0 Å². The lowest BCUT2D eigenvalue weighted by atomic mass is 9.45. The van der Waals surface area contributed by atoms with Crippen molar-refractivity contribution in [3.63, 3.8) is 0 Å². The normalized spacial score (nSPS) is 60.0. The minimum atomic E-state index is -0.830. The van der Waals surface area contributed by atoms with Crippen LogP contribution in [0.2, 0.25) is 0 Å². The highest BCUT2D eigenvalue weighted by atomic mass is 16.7. The van der Waals surface area contributed by atoms with Gasteiger partial charge in [-0.1, -0.05) is 6.92 Å². The van der Waals surface area contributed by atoms with E-state index in [0.29, 0.717) is 12.3 Å². The average Bonchev–Trinajstić information content (AvgIpc) is 3.37. The van der Waals surface area contributed by atoms with Crippen LogP contribution >= 0.6 is 0 Å². The van der Waals surface area contributed by atoms with E-state index in [4.69, 9.17) is 23.7 Å². The van der Waals surface area contributed by atoms with E-state index in [1.165, 1.54) is 6.92 Å². The zero-order valence-corrected chi connectivity index (χ0v) is 20.1. The van der Waals surface area contributed by atoms with Crippen LogP contribution in [0.4, 0.5) is 0 Å². The van der Waals surface area contributed by atoms with Gasteiger partial charge in [0.2, 0.25) is 0 Å². The minimum Gasteiger partial charge on any atom is -0.459 e. The summed E-state index contributed by atoms with van der Waals surface area (Å²) in [5.74, 6) is 0.749. The molecule has 1 unspecified atom stereocenters. The van der Waals surface area contributed by atoms with E-state index < -0.39 is 23.4 Å². The molecule has 13 atom stereocenters. The van der Waals surface area contributed by atoms with E-state index >= 15 is 0 Å². The third-order valence-electron chi connectivity index (χ3n) is 11.4. The molecule has 0 radical (unpaired) electrons. The fourth-order valence-electron chi connectivity index (χ4n) is 11.1. The first-order valence-electron chi connectivity index (χ1n) is 12.8. The topological polar surface area (TPSA) is 86.7 Å². The molecule has 0 aromatic heterocycles. The van der Waals surface area contributed by atoms with E-state index in [-0.39, 0.29) is 60.1 Å². The van der Waals surface area contributed by atoms with Crippen molar-refractivity contribution in [3.05, 3.63) is 0 Å². The van der Waals surface area contributed by atoms with Gasteiger partial charge in [0.1, 0.15) is 18.5 Å². The molecule has 5 aliphatic carbocycles. The van der Waals surface area contributed by atoms with Gasteiger partial charge in [0, 0.05) is 57.3 Å². The molecule has 5 saturated carbocycles. The predicted octanol–water partition coefficient (Wildman–Crippen LogP) is 1.19. The Kier molecular flexibility index (Phi) is 4.37. The van der Waals surface area contributed by atoms with Crippen LogP contribution in [0.3, 0.4) is 0 Å². The summed E-state index contributed by atoms with van der Waals surface area (Å²) in [6.07, 6.45) is 2.50. The van der Waals surface area contributed by atoms with Gasteiger partial charge in [-0.2, -0.15) is 0 Å². The molecule has 7 rings (SSSR count). The predicted molar refractivity (Wildman–Crippen MR) is 115 cm³/mol. The molecular formula is C25H37NO7. The smallest absolute Gasteiger partial charge is 0.303 e. The Morgan fingerprint density at radius 2 is 2.00 bits per heavy atom. The Labute approximate surface area is 195 Å². The summed E-state index contributed by atoms with van der Waals surface area (Å²) in [6, 6.07) is 0.0242. The Balaban J connectivity index is 1.56. The first-order chi connectivity index (χ1) is 15.9. The summed E-state index contributed by atoms with van der Waals surface area (Å²) in [7, 11) is 3.61. The fraction of sp³-hybridized carbons (Fsp3) is 0.960. The molecule has 7 bridgehead atoms. The number of aliphatic hydroxyl groups excluding tert-OH is 1. The number of carbonyl (C=O) groups is 1. The van der Waals surface area contributed by atoms with Gasteiger partial charge in [0.05, 0.1) is 24.4 Å². The molecule has 0 aromatic rings. The van der Waals surface area contributed by atoms with Crippen LogP contribution in [0.1, 0.15) is 39.5 Å². The molecule has 0 amide bonds. The van der Waals surface area contributed by atoms with Gasteiger partial charge in [0.25, 0.3) is 0 Å². The molecule has 0 aromatic carbocycles. The van der Waals surface area contributed by atoms with E-state index in [0.717, 1.165) is 32.4 Å². The van der Waals surface area contributed by atoms with Crippen molar-refractivity contribution >= 4 is 5.97 Å². The molecule has 184 valence electrons. The second-order valence-electron chi connectivity index (χ2n) is 11.7. The summed E-state index contributed by atoms with van der Waals surface area (Å²) < 4.78 is 32.3. The highest BCUT2D eigenvalue weighted by Crippen LogP contribution is 2.81. The van der Waals surface area contributed by atoms with E-state index in [1.807, 2.05) is 7.11 Å². The molecule has 3 spiro atoms. The van der Waals surface area contributed by atoms with Gasteiger partial charge in [-0.05, 0) is 37.6 Å². The molecule has 2 heterocycles. The maximum Gasteiger partial charge on any atom is 0.303 e. The van der Waals surface area contributed by atoms with Crippen LogP contribution in [0.5, 0.6) is 0 Å². The highest BCUT2D eigenvalue weighted by molar-refractivity contribution is 5.67. The number of hydrogen-bond acceptors (Lipinski definition) is 8. The fourth-order valence-corrected chi connectivity index (χ4v) is 11.1. The number of ether oxygens (including phenoxy) is 5. The number of likely N-dealkylation sites (tertiary alicyclic amines) is 1. The standard InChI is InChI=1S/C25H37NO7/c1-5-26-10-13-6-7-17(29-3)24-15-8-14-16(28)9-23(19(15)20(14)30-4)25(22(24)26,32-11-31-23)21(18(13)24)33-12(2)27/h13-22,28H,5-11H2,1-4H3/t13-,14+,15+,16-,17?,18-,19+,20-,21-,22-,23+,24-,25-/m0/s1. The third-order valence-corrected chi connectivity index (χ3v) is 11.4. The average molecular weight is 464 g/mol. The zero-order chi connectivity index (χ0) is 22.9. The van der Waals surface area contributed by atoms with E-state index in [2.05, 4.69) is 11.8 Å². The number of nitrogens with zero attached hydrogens (tertiary/aromatic N) is 1. The largest absolute Gasteiger partial charge is 0.459 e. The molecule has 8 heteroatoms. The molecular weight excluding hydrogens is 426 g/mol. The van der Waals surface area contributed by atoms with Gasteiger partial charge < -0.3 is 28.8 Å². The van der Waals surface area contributed by atoms with E-state index in [9.17, 15) is 9.90 Å². The van der Waals surface area contributed by atoms with Crippen molar-refractivity contribution in [3.8, 4) is 0 Å². The van der Waals surface area contributed by atoms with Crippen LogP contribution in [-0.4, -0.2) is 91.7 Å². The van der Waals surface area contributed by atoms with Crippen LogP contribution in [0.15, 0.2) is 0 Å². The summed E-state index contributed by atoms with van der Waals surface area (Å²) in [6.45, 7) is 5.78. The molecule has 2 aliphatic heterocycles. The molecule has 7 fully saturated rings. The van der Waals surface area contributed by atoms with Crippen molar-refractivity contribution < 1.29 is 33.6 Å². The monoisotopic (exact) mass is 463 g/mol. The Bertz CT molecular complexity index is 870. The second kappa shape index (κ2) is 6.71. The number of fused-ring (bicyclic) bond motifs is 1. The minimum absolute atomic E-state index is 0.0242. The molecule has 33 heavy (non-hydrogen) atoms. The van der Waals surface area contributed by atoms with Crippen molar-refractivity contribution in [2.24, 2.45) is 35.0 Å². The highest BCUT2D eigenvalue weighted by Gasteiger charge is 2.93. The maximum atomic E-state index is 12.6. The number of hydrogen-bond donors (Lipinski definition) is 1. The van der Waals surface area contributed by atoms with Gasteiger partial charge in [-0.25, -0.2) is 0 Å². The maximum absolute atomic E-state index is 12.6. The summed E-state index contributed by atoms with van der Waals surface area (Å²) >= 11 is 0. The number of methoxy groups -OCH3 is 2. The number of carbonyl (C=O) groups excluding carboxylic acids is 1. The Morgan fingerprint density at radius 3 is 2.70 bits per heavy atom. The number of piperidine rings is 1. The summed E-state index contributed by atoms with van der Waals surface area (Å²) in [5, 5.41) is 11.4. The van der Waals surface area contributed by atoms with E-state index in [1.54, 1.807) is 7.11 Å². The van der Waals surface area contributed by atoms with Crippen LogP contribution < -0.4 is 0 Å². The van der Waals surface area contributed by atoms with Crippen molar-refractivity contribution in [2.75, 3.05) is 34.1 Å². The number of aliphatic hydroxyl groups is 1. The third kappa shape index (κ3) is 2.04. The van der Waals surface area contributed by atoms with Gasteiger partial charge in [-0.15, -0.1) is 0 Å². The zero-order valence-electron chi connectivity index (χ0n) is 20.1. The SMILES string of the molecule is CCN1C[C@@H]2CCC(OC)[C@]34[C@@H]2[C@H](OC(C)=O)[C@]2(OCO[C@@]25C[C@H](O)[C@H]2C[C@@H]3[C@@H]5[C@H]2OC)[C@@H]14. The lowest BCUT2D eigenvalue weighted by Crippen LogP contribution is -2.80. The molecule has 1 N–H and O–H groups in total. The number of rotatable bonds is 4. The second-order valence-corrected chi connectivity index (χ2v) is 11.7. The van der Waals surface area contributed by atoms with Gasteiger partial charge >= 0.3 is 5.97 Å².